The van der Waals surface area contributed by atoms with Crippen molar-refractivity contribution in [3.05, 3.63) is 41.9 Å². The van der Waals surface area contributed by atoms with Crippen molar-refractivity contribution >= 4 is 17.6 Å². The Hall–Kier alpha value is -1.62. The van der Waals surface area contributed by atoms with E-state index >= 15 is 0 Å². The molecule has 0 saturated carbocycles. The molecule has 0 spiro atoms. The van der Waals surface area contributed by atoms with Crippen molar-refractivity contribution in [3.63, 3.8) is 0 Å². The first-order valence-corrected chi connectivity index (χ1v) is 6.88. The predicted octanol–water partition coefficient (Wildman–Crippen LogP) is 2.90. The van der Waals surface area contributed by atoms with Gasteiger partial charge in [-0.3, -0.25) is 0 Å². The molecule has 2 heterocycles. The molecule has 2 aromatic rings. The van der Waals surface area contributed by atoms with E-state index < -0.39 is 0 Å². The number of pyridine rings is 1. The Bertz CT molecular complexity index is 516. The predicted molar refractivity (Wildman–Crippen MR) is 74.7 cm³/mol. The Balaban J connectivity index is 1.99. The number of aryl methyl sites for hydroxylation is 1. The van der Waals surface area contributed by atoms with Crippen molar-refractivity contribution in [2.75, 3.05) is 11.9 Å². The number of nitrogens with one attached hydrogen (secondary N) is 1. The Kier molecular flexibility index (Phi) is 4.52. The Morgan fingerprint density at radius 3 is 2.89 bits per heavy atom. The molecule has 0 aliphatic carbocycles. The maximum Gasteiger partial charge on any atom is 0.188 e. The van der Waals surface area contributed by atoms with E-state index in [4.69, 9.17) is 0 Å². The van der Waals surface area contributed by atoms with Crippen molar-refractivity contribution in [2.24, 2.45) is 0 Å². The minimum absolute atomic E-state index is 0.780. The van der Waals surface area contributed by atoms with Gasteiger partial charge in [-0.25, -0.2) is 15.0 Å². The second-order valence-electron chi connectivity index (χ2n) is 3.81. The van der Waals surface area contributed by atoms with Crippen LogP contribution in [0.4, 0.5) is 5.82 Å². The van der Waals surface area contributed by atoms with Gasteiger partial charge in [0.1, 0.15) is 5.82 Å². The molecule has 5 heteroatoms. The van der Waals surface area contributed by atoms with E-state index in [0.29, 0.717) is 0 Å². The fourth-order valence-electron chi connectivity index (χ4n) is 1.47. The molecule has 0 aliphatic heterocycles. The molecule has 4 nitrogen and oxygen atoms in total. The van der Waals surface area contributed by atoms with Gasteiger partial charge in [-0.05, 0) is 32.0 Å². The van der Waals surface area contributed by atoms with Gasteiger partial charge < -0.3 is 5.32 Å². The minimum atomic E-state index is 0.780. The van der Waals surface area contributed by atoms with E-state index in [2.05, 4.69) is 27.2 Å². The number of aromatic nitrogens is 3. The summed E-state index contributed by atoms with van der Waals surface area (Å²) in [6.07, 6.45) is 1.78. The van der Waals surface area contributed by atoms with Crippen LogP contribution < -0.4 is 5.32 Å². The van der Waals surface area contributed by atoms with Gasteiger partial charge in [-0.1, -0.05) is 17.8 Å². The van der Waals surface area contributed by atoms with Gasteiger partial charge in [-0.15, -0.1) is 0 Å². The van der Waals surface area contributed by atoms with Crippen LogP contribution in [0.15, 0.2) is 35.6 Å². The van der Waals surface area contributed by atoms with Crippen LogP contribution in [0.2, 0.25) is 0 Å². The number of nitrogens with zero attached hydrogens (tertiary/aromatic N) is 3. The van der Waals surface area contributed by atoms with Crippen molar-refractivity contribution < 1.29 is 0 Å². The molecule has 0 aliphatic rings. The van der Waals surface area contributed by atoms with Gasteiger partial charge in [0.2, 0.25) is 0 Å². The third-order valence-electron chi connectivity index (χ3n) is 2.29. The van der Waals surface area contributed by atoms with E-state index in [-0.39, 0.29) is 0 Å². The van der Waals surface area contributed by atoms with Crippen molar-refractivity contribution in [3.8, 4) is 0 Å². The van der Waals surface area contributed by atoms with E-state index in [0.717, 1.165) is 34.7 Å². The zero-order valence-corrected chi connectivity index (χ0v) is 11.4. The number of rotatable bonds is 5. The van der Waals surface area contributed by atoms with Crippen LogP contribution in [0.3, 0.4) is 0 Å². The largest absolute Gasteiger partial charge is 0.370 e. The summed E-state index contributed by atoms with van der Waals surface area (Å²) in [5.41, 5.74) is 2.02. The molecule has 0 amide bonds. The second kappa shape index (κ2) is 6.35. The molecule has 0 unspecified atom stereocenters. The maximum atomic E-state index is 4.51. The van der Waals surface area contributed by atoms with Crippen molar-refractivity contribution in [1.82, 2.24) is 15.0 Å². The zero-order valence-electron chi connectivity index (χ0n) is 10.6. The van der Waals surface area contributed by atoms with E-state index in [1.54, 1.807) is 18.0 Å². The molecule has 0 radical (unpaired) electrons. The first-order chi connectivity index (χ1) is 8.78. The summed E-state index contributed by atoms with van der Waals surface area (Å²) >= 11 is 1.60. The lowest BCUT2D eigenvalue weighted by atomic mass is 10.4. The van der Waals surface area contributed by atoms with Crippen LogP contribution in [0.1, 0.15) is 18.3 Å². The molecule has 18 heavy (non-hydrogen) atoms. The summed E-state index contributed by atoms with van der Waals surface area (Å²) in [4.78, 5) is 13.1. The highest BCUT2D eigenvalue weighted by molar-refractivity contribution is 7.98. The third-order valence-corrected chi connectivity index (χ3v) is 3.18. The van der Waals surface area contributed by atoms with E-state index in [1.807, 2.05) is 31.2 Å². The van der Waals surface area contributed by atoms with Gasteiger partial charge in [0.25, 0.3) is 0 Å². The van der Waals surface area contributed by atoms with Crippen LogP contribution in [-0.2, 0) is 5.75 Å². The number of hydrogen-bond acceptors (Lipinski definition) is 5. The number of thioether (sulfide) groups is 1. The first kappa shape index (κ1) is 12.8. The van der Waals surface area contributed by atoms with E-state index in [1.165, 1.54) is 0 Å². The SMILES string of the molecule is CCNc1cccc(CSc2nccc(C)n2)n1. The van der Waals surface area contributed by atoms with Gasteiger partial charge in [0.15, 0.2) is 5.16 Å². The van der Waals surface area contributed by atoms with E-state index in [9.17, 15) is 0 Å². The summed E-state index contributed by atoms with van der Waals surface area (Å²) in [5.74, 6) is 1.70. The molecule has 2 rings (SSSR count). The van der Waals surface area contributed by atoms with Crippen LogP contribution in [0.25, 0.3) is 0 Å². The van der Waals surface area contributed by atoms with Gasteiger partial charge in [0, 0.05) is 24.2 Å². The fourth-order valence-corrected chi connectivity index (χ4v) is 2.26. The highest BCUT2D eigenvalue weighted by Crippen LogP contribution is 2.18. The molecule has 0 atom stereocenters. The van der Waals surface area contributed by atoms with Crippen LogP contribution in [-0.4, -0.2) is 21.5 Å². The highest BCUT2D eigenvalue weighted by Gasteiger charge is 2.01. The molecule has 94 valence electrons. The summed E-state index contributed by atoms with van der Waals surface area (Å²) in [6.45, 7) is 4.91. The summed E-state index contributed by atoms with van der Waals surface area (Å²) < 4.78 is 0. The summed E-state index contributed by atoms with van der Waals surface area (Å²) in [7, 11) is 0. The highest BCUT2D eigenvalue weighted by atomic mass is 32.2. The summed E-state index contributed by atoms with van der Waals surface area (Å²) in [5, 5.41) is 4.00. The molecule has 0 fully saturated rings. The quantitative estimate of drug-likeness (QED) is 0.661. The molecule has 0 saturated heterocycles. The molecular formula is C13H16N4S. The Morgan fingerprint density at radius 2 is 2.11 bits per heavy atom. The first-order valence-electron chi connectivity index (χ1n) is 5.90. The molecule has 2 aromatic heterocycles. The smallest absolute Gasteiger partial charge is 0.188 e. The number of anilines is 1. The monoisotopic (exact) mass is 260 g/mol. The fraction of sp³-hybridized carbons (Fsp3) is 0.308. The van der Waals surface area contributed by atoms with Crippen molar-refractivity contribution in [2.45, 2.75) is 24.8 Å². The molecule has 0 aromatic carbocycles. The average molecular weight is 260 g/mol. The summed E-state index contributed by atoms with van der Waals surface area (Å²) in [6, 6.07) is 7.90. The third kappa shape index (κ3) is 3.70. The normalized spacial score (nSPS) is 10.3. The zero-order chi connectivity index (χ0) is 12.8. The van der Waals surface area contributed by atoms with Crippen LogP contribution in [0.5, 0.6) is 0 Å². The second-order valence-corrected chi connectivity index (χ2v) is 4.76. The lowest BCUT2D eigenvalue weighted by Gasteiger charge is -2.05. The molecule has 1 N–H and O–H groups in total. The van der Waals surface area contributed by atoms with Gasteiger partial charge in [-0.2, -0.15) is 0 Å². The minimum Gasteiger partial charge on any atom is -0.370 e. The average Bonchev–Trinajstić information content (AvgIpc) is 2.37. The topological polar surface area (TPSA) is 50.7 Å². The van der Waals surface area contributed by atoms with Crippen molar-refractivity contribution in [1.29, 1.82) is 0 Å². The standard InChI is InChI=1S/C13H16N4S/c1-3-14-12-6-4-5-11(17-12)9-18-13-15-8-7-10(2)16-13/h4-8H,3,9H2,1-2H3,(H,14,17). The molecule has 0 bridgehead atoms. The van der Waals surface area contributed by atoms with Crippen LogP contribution >= 0.6 is 11.8 Å². The Morgan fingerprint density at radius 1 is 1.22 bits per heavy atom. The number of hydrogen-bond donors (Lipinski definition) is 1. The van der Waals surface area contributed by atoms with Gasteiger partial charge in [0.05, 0.1) is 5.69 Å². The lowest BCUT2D eigenvalue weighted by molar-refractivity contribution is 0.930. The lowest BCUT2D eigenvalue weighted by Crippen LogP contribution is -2.00. The van der Waals surface area contributed by atoms with Gasteiger partial charge >= 0.3 is 0 Å². The Labute approximate surface area is 111 Å². The molecular weight excluding hydrogens is 244 g/mol. The maximum absolute atomic E-state index is 4.51. The van der Waals surface area contributed by atoms with Crippen LogP contribution in [0, 0.1) is 6.92 Å².